The van der Waals surface area contributed by atoms with Crippen molar-refractivity contribution >= 4 is 21.7 Å². The average Bonchev–Trinajstić information content (AvgIpc) is 2.42. The van der Waals surface area contributed by atoms with Crippen molar-refractivity contribution in [1.82, 2.24) is 4.31 Å². The van der Waals surface area contributed by atoms with Gasteiger partial charge in [0.2, 0.25) is 10.0 Å². The van der Waals surface area contributed by atoms with Crippen molar-refractivity contribution in [2.75, 3.05) is 18.8 Å². The summed E-state index contributed by atoms with van der Waals surface area (Å²) >= 11 is 0. The number of halogens is 1. The maximum Gasteiger partial charge on any atom is 0.307 e. The molecule has 110 valence electrons. The van der Waals surface area contributed by atoms with Crippen LogP contribution in [0.1, 0.15) is 12.8 Å². The van der Waals surface area contributed by atoms with E-state index in [-0.39, 0.29) is 23.7 Å². The van der Waals surface area contributed by atoms with Crippen LogP contribution in [0.4, 0.5) is 10.1 Å². The summed E-state index contributed by atoms with van der Waals surface area (Å²) in [6.07, 6.45) is 0.908. The van der Waals surface area contributed by atoms with E-state index in [9.17, 15) is 17.6 Å². The lowest BCUT2D eigenvalue weighted by Crippen LogP contribution is -2.42. The second-order valence-electron chi connectivity index (χ2n) is 4.72. The van der Waals surface area contributed by atoms with Crippen molar-refractivity contribution in [2.45, 2.75) is 17.7 Å². The minimum absolute atomic E-state index is 0.0936. The number of piperidine rings is 1. The summed E-state index contributed by atoms with van der Waals surface area (Å²) in [5.74, 6) is -2.55. The second-order valence-corrected chi connectivity index (χ2v) is 6.66. The number of hydrogen-bond donors (Lipinski definition) is 2. The van der Waals surface area contributed by atoms with Gasteiger partial charge in [-0.25, -0.2) is 12.8 Å². The molecule has 0 unspecified atom stereocenters. The molecule has 3 N–H and O–H groups in total. The Morgan fingerprint density at radius 3 is 2.75 bits per heavy atom. The standard InChI is InChI=1S/C12H15FN2O4S/c13-10-6-9(3-4-11(10)14)20(18,19)15-5-1-2-8(7-15)12(16)17/h3-4,6,8H,1-2,5,7,14H2,(H,16,17)/t8-/m0/s1. The summed E-state index contributed by atoms with van der Waals surface area (Å²) in [5.41, 5.74) is 5.18. The first-order valence-electron chi connectivity index (χ1n) is 6.10. The Morgan fingerprint density at radius 1 is 1.45 bits per heavy atom. The lowest BCUT2D eigenvalue weighted by Gasteiger charge is -2.29. The molecule has 1 heterocycles. The van der Waals surface area contributed by atoms with Crippen LogP contribution in [-0.2, 0) is 14.8 Å². The van der Waals surface area contributed by atoms with Gasteiger partial charge in [0.15, 0.2) is 0 Å². The molecule has 8 heteroatoms. The Bertz CT molecular complexity index is 632. The van der Waals surface area contributed by atoms with Crippen molar-refractivity contribution in [3.63, 3.8) is 0 Å². The fraction of sp³-hybridized carbons (Fsp3) is 0.417. The van der Waals surface area contributed by atoms with Gasteiger partial charge in [0, 0.05) is 13.1 Å². The molecule has 2 rings (SSSR count). The Hall–Kier alpha value is -1.67. The minimum atomic E-state index is -3.89. The van der Waals surface area contributed by atoms with Gasteiger partial charge in [-0.05, 0) is 31.0 Å². The first-order chi connectivity index (χ1) is 9.32. The van der Waals surface area contributed by atoms with E-state index >= 15 is 0 Å². The van der Waals surface area contributed by atoms with E-state index < -0.39 is 27.7 Å². The highest BCUT2D eigenvalue weighted by atomic mass is 32.2. The van der Waals surface area contributed by atoms with Gasteiger partial charge in [-0.2, -0.15) is 4.31 Å². The van der Waals surface area contributed by atoms with Crippen molar-refractivity contribution < 1.29 is 22.7 Å². The van der Waals surface area contributed by atoms with Crippen LogP contribution in [0.5, 0.6) is 0 Å². The number of anilines is 1. The SMILES string of the molecule is Nc1ccc(S(=O)(=O)N2CCC[C@H](C(=O)O)C2)cc1F. The monoisotopic (exact) mass is 302 g/mol. The molecule has 1 atom stereocenters. The summed E-state index contributed by atoms with van der Waals surface area (Å²) in [4.78, 5) is 10.8. The summed E-state index contributed by atoms with van der Waals surface area (Å²) in [6, 6.07) is 3.26. The van der Waals surface area contributed by atoms with Gasteiger partial charge in [-0.1, -0.05) is 0 Å². The number of benzene rings is 1. The smallest absolute Gasteiger partial charge is 0.307 e. The van der Waals surface area contributed by atoms with Crippen LogP contribution < -0.4 is 5.73 Å². The quantitative estimate of drug-likeness (QED) is 0.808. The predicted molar refractivity (Wildman–Crippen MR) is 69.9 cm³/mol. The van der Waals surface area contributed by atoms with E-state index in [1.54, 1.807) is 0 Å². The Balaban J connectivity index is 2.29. The molecular formula is C12H15FN2O4S. The Labute approximate surface area is 116 Å². The molecule has 1 saturated heterocycles. The van der Waals surface area contributed by atoms with E-state index in [4.69, 9.17) is 10.8 Å². The number of carbonyl (C=O) groups is 1. The molecule has 1 aromatic carbocycles. The number of carboxylic acids is 1. The number of rotatable bonds is 3. The lowest BCUT2D eigenvalue weighted by molar-refractivity contribution is -0.142. The zero-order valence-corrected chi connectivity index (χ0v) is 11.4. The Morgan fingerprint density at radius 2 is 2.15 bits per heavy atom. The molecule has 0 saturated carbocycles. The number of nitrogens with zero attached hydrogens (tertiary/aromatic N) is 1. The summed E-state index contributed by atoms with van der Waals surface area (Å²) < 4.78 is 39.2. The molecule has 1 aliphatic rings. The first kappa shape index (κ1) is 14.7. The molecule has 1 aliphatic heterocycles. The van der Waals surface area contributed by atoms with Gasteiger partial charge < -0.3 is 10.8 Å². The maximum atomic E-state index is 13.4. The normalized spacial score (nSPS) is 20.8. The summed E-state index contributed by atoms with van der Waals surface area (Å²) in [5, 5.41) is 8.97. The van der Waals surface area contributed by atoms with Gasteiger partial charge in [0.05, 0.1) is 16.5 Å². The fourth-order valence-electron chi connectivity index (χ4n) is 2.18. The van der Waals surface area contributed by atoms with Gasteiger partial charge in [-0.3, -0.25) is 4.79 Å². The van der Waals surface area contributed by atoms with Crippen molar-refractivity contribution in [3.8, 4) is 0 Å². The second kappa shape index (κ2) is 5.37. The van der Waals surface area contributed by atoms with Crippen LogP contribution in [0, 0.1) is 11.7 Å². The van der Waals surface area contributed by atoms with E-state index in [1.165, 1.54) is 12.1 Å². The third kappa shape index (κ3) is 2.75. The number of nitrogen functional groups attached to an aromatic ring is 1. The number of nitrogens with two attached hydrogens (primary N) is 1. The van der Waals surface area contributed by atoms with Crippen LogP contribution >= 0.6 is 0 Å². The highest BCUT2D eigenvalue weighted by molar-refractivity contribution is 7.89. The third-order valence-corrected chi connectivity index (χ3v) is 5.20. The van der Waals surface area contributed by atoms with Crippen LogP contribution in [0.25, 0.3) is 0 Å². The molecule has 0 aromatic heterocycles. The van der Waals surface area contributed by atoms with Gasteiger partial charge in [0.25, 0.3) is 0 Å². The molecule has 0 radical (unpaired) electrons. The Kier molecular flexibility index (Phi) is 3.96. The van der Waals surface area contributed by atoms with Gasteiger partial charge >= 0.3 is 5.97 Å². The zero-order valence-electron chi connectivity index (χ0n) is 10.6. The molecule has 0 aliphatic carbocycles. The van der Waals surface area contributed by atoms with Crippen molar-refractivity contribution in [1.29, 1.82) is 0 Å². The molecular weight excluding hydrogens is 287 g/mol. The topological polar surface area (TPSA) is 101 Å². The van der Waals surface area contributed by atoms with Crippen LogP contribution in [0.2, 0.25) is 0 Å². The van der Waals surface area contributed by atoms with E-state index in [1.807, 2.05) is 0 Å². The molecule has 0 bridgehead atoms. The highest BCUT2D eigenvalue weighted by Crippen LogP contribution is 2.25. The zero-order chi connectivity index (χ0) is 14.9. The molecule has 20 heavy (non-hydrogen) atoms. The lowest BCUT2D eigenvalue weighted by atomic mass is 10.0. The maximum absolute atomic E-state index is 13.4. The van der Waals surface area contributed by atoms with Crippen molar-refractivity contribution in [2.24, 2.45) is 5.92 Å². The highest BCUT2D eigenvalue weighted by Gasteiger charge is 2.33. The fourth-order valence-corrected chi connectivity index (χ4v) is 3.72. The number of carboxylic acid groups (broad SMARTS) is 1. The predicted octanol–water partition coefficient (Wildman–Crippen LogP) is 0.893. The van der Waals surface area contributed by atoms with Gasteiger partial charge in [-0.15, -0.1) is 0 Å². The van der Waals surface area contributed by atoms with E-state index in [2.05, 4.69) is 0 Å². The first-order valence-corrected chi connectivity index (χ1v) is 7.54. The van der Waals surface area contributed by atoms with Crippen LogP contribution in [0.3, 0.4) is 0 Å². The van der Waals surface area contributed by atoms with Crippen LogP contribution in [-0.4, -0.2) is 36.9 Å². The molecule has 6 nitrogen and oxygen atoms in total. The number of hydrogen-bond acceptors (Lipinski definition) is 4. The molecule has 0 amide bonds. The summed E-state index contributed by atoms with van der Waals surface area (Å²) in [6.45, 7) is 0.141. The summed E-state index contributed by atoms with van der Waals surface area (Å²) in [7, 11) is -3.89. The molecule has 0 spiro atoms. The van der Waals surface area contributed by atoms with Crippen LogP contribution in [0.15, 0.2) is 23.1 Å². The average molecular weight is 302 g/mol. The molecule has 1 fully saturated rings. The molecule has 1 aromatic rings. The largest absolute Gasteiger partial charge is 0.481 e. The van der Waals surface area contributed by atoms with Crippen molar-refractivity contribution in [3.05, 3.63) is 24.0 Å². The minimum Gasteiger partial charge on any atom is -0.481 e. The van der Waals surface area contributed by atoms with E-state index in [0.717, 1.165) is 10.4 Å². The number of sulfonamides is 1. The van der Waals surface area contributed by atoms with E-state index in [0.29, 0.717) is 12.8 Å². The third-order valence-electron chi connectivity index (χ3n) is 3.34. The number of aliphatic carboxylic acids is 1. The van der Waals surface area contributed by atoms with Gasteiger partial charge in [0.1, 0.15) is 5.82 Å².